The van der Waals surface area contributed by atoms with Crippen molar-refractivity contribution in [2.75, 3.05) is 26.1 Å². The highest BCUT2D eigenvalue weighted by atomic mass is 35.5. The Morgan fingerprint density at radius 2 is 2.06 bits per heavy atom. The fourth-order valence-corrected chi connectivity index (χ4v) is 1.80. The molecule has 16 heavy (non-hydrogen) atoms. The second kappa shape index (κ2) is 8.57. The molecule has 0 bridgehead atoms. The van der Waals surface area contributed by atoms with E-state index in [0.717, 1.165) is 19.4 Å². The second-order valence-electron chi connectivity index (χ2n) is 3.85. The molecule has 1 atom stereocenters. The van der Waals surface area contributed by atoms with Crippen molar-refractivity contribution in [3.05, 3.63) is 35.9 Å². The number of ether oxygens (including phenoxy) is 1. The molecular formula is C13H20ClNO. The molecular weight excluding hydrogens is 222 g/mol. The molecule has 0 fully saturated rings. The highest BCUT2D eigenvalue weighted by Crippen LogP contribution is 2.01. The van der Waals surface area contributed by atoms with E-state index in [9.17, 15) is 0 Å². The Morgan fingerprint density at radius 1 is 1.31 bits per heavy atom. The molecule has 1 aromatic carbocycles. The molecule has 0 saturated carbocycles. The van der Waals surface area contributed by atoms with Crippen LogP contribution in [-0.4, -0.2) is 32.2 Å². The highest BCUT2D eigenvalue weighted by Gasteiger charge is 2.04. The molecule has 0 aliphatic rings. The van der Waals surface area contributed by atoms with Crippen molar-refractivity contribution in [1.29, 1.82) is 0 Å². The summed E-state index contributed by atoms with van der Waals surface area (Å²) in [5.41, 5.74) is 1.39. The van der Waals surface area contributed by atoms with E-state index in [2.05, 4.69) is 29.6 Å². The lowest BCUT2D eigenvalue weighted by Crippen LogP contribution is -2.35. The molecule has 0 aliphatic heterocycles. The van der Waals surface area contributed by atoms with E-state index in [-0.39, 0.29) is 6.04 Å². The van der Waals surface area contributed by atoms with Crippen LogP contribution in [-0.2, 0) is 11.2 Å². The van der Waals surface area contributed by atoms with Crippen molar-refractivity contribution in [3.63, 3.8) is 0 Å². The van der Waals surface area contributed by atoms with Crippen molar-refractivity contribution >= 4 is 11.6 Å². The predicted molar refractivity (Wildman–Crippen MR) is 69.1 cm³/mol. The zero-order valence-electron chi connectivity index (χ0n) is 9.79. The number of hydrogen-bond acceptors (Lipinski definition) is 2. The minimum atomic E-state index is 0.266. The monoisotopic (exact) mass is 241 g/mol. The van der Waals surface area contributed by atoms with Gasteiger partial charge in [-0.2, -0.15) is 0 Å². The lowest BCUT2D eigenvalue weighted by atomic mass is 10.1. The third-order valence-corrected chi connectivity index (χ3v) is 2.84. The van der Waals surface area contributed by atoms with Crippen molar-refractivity contribution < 1.29 is 4.74 Å². The quantitative estimate of drug-likeness (QED) is 0.558. The Morgan fingerprint density at radius 3 is 2.69 bits per heavy atom. The average molecular weight is 242 g/mol. The Labute approximate surface area is 103 Å². The van der Waals surface area contributed by atoms with Crippen LogP contribution in [0.15, 0.2) is 30.3 Å². The number of hydrogen-bond donors (Lipinski definition) is 1. The van der Waals surface area contributed by atoms with Crippen LogP contribution in [0.1, 0.15) is 12.0 Å². The Kier molecular flexibility index (Phi) is 7.23. The largest absolute Gasteiger partial charge is 0.383 e. The summed E-state index contributed by atoms with van der Waals surface area (Å²) < 4.78 is 5.06. The smallest absolute Gasteiger partial charge is 0.0627 e. The molecule has 1 N–H and O–H groups in total. The van der Waals surface area contributed by atoms with Gasteiger partial charge >= 0.3 is 0 Å². The zero-order valence-corrected chi connectivity index (χ0v) is 10.5. The summed E-state index contributed by atoms with van der Waals surface area (Å²) in [6.45, 7) is 1.66. The Hall–Kier alpha value is -0.570. The van der Waals surface area contributed by atoms with Gasteiger partial charge in [-0.3, -0.25) is 0 Å². The summed E-state index contributed by atoms with van der Waals surface area (Å²) in [6.07, 6.45) is 2.23. The minimum absolute atomic E-state index is 0.266. The first-order chi connectivity index (χ1) is 7.86. The van der Waals surface area contributed by atoms with Crippen molar-refractivity contribution in [1.82, 2.24) is 5.32 Å². The topological polar surface area (TPSA) is 21.3 Å². The summed E-state index contributed by atoms with van der Waals surface area (Å²) in [4.78, 5) is 0. The van der Waals surface area contributed by atoms with Gasteiger partial charge in [0.1, 0.15) is 0 Å². The van der Waals surface area contributed by atoms with Crippen LogP contribution in [0.5, 0.6) is 0 Å². The molecule has 0 spiro atoms. The van der Waals surface area contributed by atoms with E-state index < -0.39 is 0 Å². The van der Waals surface area contributed by atoms with Crippen LogP contribution in [0.25, 0.3) is 0 Å². The van der Waals surface area contributed by atoms with Gasteiger partial charge in [-0.15, -0.1) is 11.6 Å². The maximum Gasteiger partial charge on any atom is 0.0627 e. The van der Waals surface area contributed by atoms with Crippen molar-refractivity contribution in [3.8, 4) is 0 Å². The van der Waals surface area contributed by atoms with Crippen LogP contribution in [0.4, 0.5) is 0 Å². The summed E-state index contributed by atoms with van der Waals surface area (Å²) >= 11 is 5.80. The van der Waals surface area contributed by atoms with Crippen molar-refractivity contribution in [2.45, 2.75) is 18.9 Å². The van der Waals surface area contributed by atoms with Gasteiger partial charge in [0.05, 0.1) is 6.61 Å². The molecule has 0 aromatic heterocycles. The normalized spacial score (nSPS) is 12.6. The summed E-state index contributed by atoms with van der Waals surface area (Å²) in [5.74, 6) is 0.596. The van der Waals surface area contributed by atoms with Gasteiger partial charge in [0.25, 0.3) is 0 Å². The fraction of sp³-hybridized carbons (Fsp3) is 0.538. The summed E-state index contributed by atoms with van der Waals surface area (Å²) in [6, 6.07) is 10.8. The van der Waals surface area contributed by atoms with E-state index >= 15 is 0 Å². The second-order valence-corrected chi connectivity index (χ2v) is 4.16. The van der Waals surface area contributed by atoms with Crippen LogP contribution < -0.4 is 5.32 Å². The molecule has 1 unspecified atom stereocenters. The summed E-state index contributed by atoms with van der Waals surface area (Å²) in [5, 5.41) is 3.38. The molecule has 90 valence electrons. The third-order valence-electron chi connectivity index (χ3n) is 2.47. The van der Waals surface area contributed by atoms with E-state index in [0.29, 0.717) is 12.5 Å². The minimum Gasteiger partial charge on any atom is -0.383 e. The number of halogens is 1. The maximum atomic E-state index is 5.80. The molecule has 2 nitrogen and oxygen atoms in total. The van der Waals surface area contributed by atoms with Gasteiger partial charge in [-0.1, -0.05) is 30.3 Å². The number of aryl methyl sites for hydroxylation is 1. The van der Waals surface area contributed by atoms with Crippen LogP contribution in [0.3, 0.4) is 0 Å². The molecule has 0 amide bonds. The maximum absolute atomic E-state index is 5.80. The summed E-state index contributed by atoms with van der Waals surface area (Å²) in [7, 11) is 1.70. The molecule has 0 heterocycles. The first-order valence-electron chi connectivity index (χ1n) is 5.69. The zero-order chi connectivity index (χ0) is 11.6. The number of alkyl halides is 1. The van der Waals surface area contributed by atoms with Gasteiger partial charge in [0.2, 0.25) is 0 Å². The van der Waals surface area contributed by atoms with Gasteiger partial charge in [-0.05, 0) is 24.9 Å². The third kappa shape index (κ3) is 5.50. The lowest BCUT2D eigenvalue weighted by molar-refractivity contribution is 0.173. The number of nitrogens with one attached hydrogen (secondary N) is 1. The first kappa shape index (κ1) is 13.5. The standard InChI is InChI=1S/C13H20ClNO/c1-16-11-13(10-14)15-9-5-8-12-6-3-2-4-7-12/h2-4,6-7,13,15H,5,8-11H2,1H3. The Bertz CT molecular complexity index is 266. The number of rotatable bonds is 8. The molecule has 0 aliphatic carbocycles. The molecule has 0 saturated heterocycles. The SMILES string of the molecule is COCC(CCl)NCCCc1ccccc1. The van der Waals surface area contributed by atoms with Crippen LogP contribution in [0.2, 0.25) is 0 Å². The van der Waals surface area contributed by atoms with Gasteiger partial charge in [0.15, 0.2) is 0 Å². The lowest BCUT2D eigenvalue weighted by Gasteiger charge is -2.14. The van der Waals surface area contributed by atoms with E-state index in [1.165, 1.54) is 5.56 Å². The number of methoxy groups -OCH3 is 1. The van der Waals surface area contributed by atoms with Crippen LogP contribution >= 0.6 is 11.6 Å². The predicted octanol–water partition coefficient (Wildman–Crippen LogP) is 2.46. The first-order valence-corrected chi connectivity index (χ1v) is 6.22. The van der Waals surface area contributed by atoms with Crippen LogP contribution in [0, 0.1) is 0 Å². The van der Waals surface area contributed by atoms with Gasteiger partial charge in [-0.25, -0.2) is 0 Å². The van der Waals surface area contributed by atoms with Crippen molar-refractivity contribution in [2.24, 2.45) is 0 Å². The molecule has 1 aromatic rings. The van der Waals surface area contributed by atoms with E-state index in [4.69, 9.17) is 16.3 Å². The van der Waals surface area contributed by atoms with E-state index in [1.807, 2.05) is 6.07 Å². The molecule has 1 rings (SSSR count). The Balaban J connectivity index is 2.11. The van der Waals surface area contributed by atoms with E-state index in [1.54, 1.807) is 7.11 Å². The molecule has 3 heteroatoms. The highest BCUT2D eigenvalue weighted by molar-refractivity contribution is 6.18. The fourth-order valence-electron chi connectivity index (χ4n) is 1.60. The number of benzene rings is 1. The molecule has 0 radical (unpaired) electrons. The average Bonchev–Trinajstić information content (AvgIpc) is 2.34. The van der Waals surface area contributed by atoms with Gasteiger partial charge in [0, 0.05) is 19.0 Å². The van der Waals surface area contributed by atoms with Gasteiger partial charge < -0.3 is 10.1 Å².